The van der Waals surface area contributed by atoms with E-state index in [4.69, 9.17) is 0 Å². The number of piperazine rings is 1. The fourth-order valence-electron chi connectivity index (χ4n) is 2.25. The number of benzene rings is 1. The fourth-order valence-corrected chi connectivity index (χ4v) is 4.59. The van der Waals surface area contributed by atoms with Gasteiger partial charge in [0.1, 0.15) is 0 Å². The third kappa shape index (κ3) is 3.33. The minimum absolute atomic E-state index is 0.0827. The topological polar surface area (TPSA) is 79.2 Å². The molecule has 1 aromatic carbocycles. The fraction of sp³-hybridized carbons (Fsp3) is 0.538. The molecule has 1 aromatic rings. The summed E-state index contributed by atoms with van der Waals surface area (Å²) >= 11 is 0. The SMILES string of the molecule is CN(C)S(=O)(=O)c1ccc(S(=O)(=O)N2CC[NH+](C)CC2)cc1. The highest BCUT2D eigenvalue weighted by Gasteiger charge is 2.29. The Labute approximate surface area is 132 Å². The molecule has 0 radical (unpaired) electrons. The number of sulfonamides is 2. The molecular formula is C13H22N3O4S2+. The van der Waals surface area contributed by atoms with Crippen LogP contribution in [0.15, 0.2) is 34.1 Å². The van der Waals surface area contributed by atoms with E-state index in [9.17, 15) is 16.8 Å². The Balaban J connectivity index is 2.27. The maximum atomic E-state index is 12.5. The molecule has 1 fully saturated rings. The first-order chi connectivity index (χ1) is 10.2. The lowest BCUT2D eigenvalue weighted by atomic mass is 10.4. The van der Waals surface area contributed by atoms with Crippen molar-refractivity contribution >= 4 is 20.0 Å². The van der Waals surface area contributed by atoms with E-state index in [0.717, 1.165) is 17.4 Å². The van der Waals surface area contributed by atoms with E-state index in [1.807, 2.05) is 7.05 Å². The van der Waals surface area contributed by atoms with Gasteiger partial charge in [-0.25, -0.2) is 21.1 Å². The summed E-state index contributed by atoms with van der Waals surface area (Å²) in [6, 6.07) is 5.39. The largest absolute Gasteiger partial charge is 0.335 e. The zero-order valence-electron chi connectivity index (χ0n) is 13.0. The summed E-state index contributed by atoms with van der Waals surface area (Å²) in [4.78, 5) is 1.52. The molecular weight excluding hydrogens is 326 g/mol. The summed E-state index contributed by atoms with van der Waals surface area (Å²) in [5.41, 5.74) is 0. The lowest BCUT2D eigenvalue weighted by molar-refractivity contribution is -0.883. The monoisotopic (exact) mass is 348 g/mol. The van der Waals surface area contributed by atoms with Crippen LogP contribution in [0, 0.1) is 0 Å². The van der Waals surface area contributed by atoms with Crippen LogP contribution in [-0.2, 0) is 20.0 Å². The quantitative estimate of drug-likeness (QED) is 0.715. The average Bonchev–Trinajstić information content (AvgIpc) is 2.47. The first-order valence-electron chi connectivity index (χ1n) is 7.00. The highest BCUT2D eigenvalue weighted by Crippen LogP contribution is 2.19. The minimum Gasteiger partial charge on any atom is -0.335 e. The zero-order chi connectivity index (χ0) is 16.5. The van der Waals surface area contributed by atoms with Gasteiger partial charge in [-0.05, 0) is 24.3 Å². The number of nitrogens with one attached hydrogen (secondary N) is 1. The van der Waals surface area contributed by atoms with Crippen molar-refractivity contribution in [2.75, 3.05) is 47.3 Å². The van der Waals surface area contributed by atoms with Crippen molar-refractivity contribution < 1.29 is 21.7 Å². The van der Waals surface area contributed by atoms with E-state index < -0.39 is 20.0 Å². The maximum Gasteiger partial charge on any atom is 0.243 e. The average molecular weight is 348 g/mol. The van der Waals surface area contributed by atoms with Crippen molar-refractivity contribution in [1.82, 2.24) is 8.61 Å². The molecule has 2 rings (SSSR count). The van der Waals surface area contributed by atoms with E-state index in [1.165, 1.54) is 47.6 Å². The Hall–Kier alpha value is -1.00. The number of quaternary nitrogens is 1. The van der Waals surface area contributed by atoms with Gasteiger partial charge in [-0.15, -0.1) is 0 Å². The first-order valence-corrected chi connectivity index (χ1v) is 9.88. The van der Waals surface area contributed by atoms with Crippen molar-refractivity contribution in [2.45, 2.75) is 9.79 Å². The van der Waals surface area contributed by atoms with E-state index in [2.05, 4.69) is 0 Å². The predicted molar refractivity (Wildman–Crippen MR) is 82.7 cm³/mol. The summed E-state index contributed by atoms with van der Waals surface area (Å²) in [6.45, 7) is 2.50. The molecule has 1 aliphatic rings. The van der Waals surface area contributed by atoms with Crippen LogP contribution in [0.25, 0.3) is 0 Å². The Bertz CT molecular complexity index is 719. The van der Waals surface area contributed by atoms with Gasteiger partial charge in [-0.2, -0.15) is 4.31 Å². The second-order valence-corrected chi connectivity index (χ2v) is 9.71. The second kappa shape index (κ2) is 6.25. The van der Waals surface area contributed by atoms with E-state index in [0.29, 0.717) is 13.1 Å². The Morgan fingerprint density at radius 1 is 0.955 bits per heavy atom. The van der Waals surface area contributed by atoms with Gasteiger partial charge in [-0.1, -0.05) is 0 Å². The molecule has 0 amide bonds. The molecule has 0 unspecified atom stereocenters. The molecule has 1 heterocycles. The normalized spacial score (nSPS) is 18.7. The number of rotatable bonds is 4. The van der Waals surface area contributed by atoms with Gasteiger partial charge in [0, 0.05) is 14.1 Å². The standard InChI is InChI=1S/C13H21N3O4S2/c1-14(2)21(17,18)12-4-6-13(7-5-12)22(19,20)16-10-8-15(3)9-11-16/h4-7H,8-11H2,1-3H3/p+1. The molecule has 1 aliphatic heterocycles. The van der Waals surface area contributed by atoms with E-state index in [-0.39, 0.29) is 9.79 Å². The van der Waals surface area contributed by atoms with Gasteiger partial charge >= 0.3 is 0 Å². The molecule has 7 nitrogen and oxygen atoms in total. The van der Waals surface area contributed by atoms with Crippen LogP contribution in [0.5, 0.6) is 0 Å². The van der Waals surface area contributed by atoms with Gasteiger partial charge in [0.25, 0.3) is 0 Å². The van der Waals surface area contributed by atoms with Gasteiger partial charge in [-0.3, -0.25) is 0 Å². The van der Waals surface area contributed by atoms with Gasteiger partial charge in [0.05, 0.1) is 43.0 Å². The molecule has 0 spiro atoms. The van der Waals surface area contributed by atoms with Crippen molar-refractivity contribution in [3.05, 3.63) is 24.3 Å². The van der Waals surface area contributed by atoms with Crippen molar-refractivity contribution in [3.63, 3.8) is 0 Å². The van der Waals surface area contributed by atoms with Crippen LogP contribution in [0.3, 0.4) is 0 Å². The summed E-state index contributed by atoms with van der Waals surface area (Å²) in [6.07, 6.45) is 0. The van der Waals surface area contributed by atoms with Crippen LogP contribution in [0.2, 0.25) is 0 Å². The first kappa shape index (κ1) is 17.4. The molecule has 0 saturated carbocycles. The second-order valence-electron chi connectivity index (χ2n) is 5.62. The Morgan fingerprint density at radius 2 is 1.41 bits per heavy atom. The summed E-state index contributed by atoms with van der Waals surface area (Å²) in [7, 11) is -2.20. The van der Waals surface area contributed by atoms with Gasteiger partial charge in [0.15, 0.2) is 0 Å². The van der Waals surface area contributed by atoms with Crippen molar-refractivity contribution in [1.29, 1.82) is 0 Å². The van der Waals surface area contributed by atoms with Crippen LogP contribution in [0.4, 0.5) is 0 Å². The number of hydrogen-bond donors (Lipinski definition) is 1. The van der Waals surface area contributed by atoms with Gasteiger partial charge < -0.3 is 4.90 Å². The molecule has 0 atom stereocenters. The predicted octanol–water partition coefficient (Wildman–Crippen LogP) is -1.54. The lowest BCUT2D eigenvalue weighted by Gasteiger charge is -2.29. The number of hydrogen-bond acceptors (Lipinski definition) is 4. The zero-order valence-corrected chi connectivity index (χ0v) is 14.6. The Kier molecular flexibility index (Phi) is 4.93. The molecule has 0 bridgehead atoms. The summed E-state index contributed by atoms with van der Waals surface area (Å²) < 4.78 is 51.6. The number of likely N-dealkylation sites (N-methyl/N-ethyl adjacent to an activating group) is 1. The van der Waals surface area contributed by atoms with Crippen molar-refractivity contribution in [3.8, 4) is 0 Å². The smallest absolute Gasteiger partial charge is 0.243 e. The van der Waals surface area contributed by atoms with E-state index in [1.54, 1.807) is 0 Å². The summed E-state index contributed by atoms with van der Waals surface area (Å²) in [5, 5.41) is 0. The molecule has 9 heteroatoms. The van der Waals surface area contributed by atoms with Gasteiger partial charge in [0.2, 0.25) is 20.0 Å². The molecule has 1 saturated heterocycles. The van der Waals surface area contributed by atoms with E-state index >= 15 is 0 Å². The molecule has 1 N–H and O–H groups in total. The van der Waals surface area contributed by atoms with Crippen LogP contribution in [-0.4, -0.2) is 72.8 Å². The minimum atomic E-state index is -3.56. The maximum absolute atomic E-state index is 12.5. The molecule has 22 heavy (non-hydrogen) atoms. The lowest BCUT2D eigenvalue weighted by Crippen LogP contribution is -3.12. The van der Waals surface area contributed by atoms with Crippen molar-refractivity contribution in [2.24, 2.45) is 0 Å². The highest BCUT2D eigenvalue weighted by molar-refractivity contribution is 7.89. The third-order valence-electron chi connectivity index (χ3n) is 3.82. The molecule has 0 aliphatic carbocycles. The third-order valence-corrected chi connectivity index (χ3v) is 7.56. The van der Waals surface area contributed by atoms with Crippen LogP contribution < -0.4 is 4.90 Å². The highest BCUT2D eigenvalue weighted by atomic mass is 32.2. The molecule has 0 aromatic heterocycles. The number of nitrogens with zero attached hydrogens (tertiary/aromatic N) is 2. The van der Waals surface area contributed by atoms with Crippen LogP contribution >= 0.6 is 0 Å². The molecule has 124 valence electrons. The van der Waals surface area contributed by atoms with Crippen LogP contribution in [0.1, 0.15) is 0 Å². The summed E-state index contributed by atoms with van der Waals surface area (Å²) in [5.74, 6) is 0. The Morgan fingerprint density at radius 3 is 1.86 bits per heavy atom.